The van der Waals surface area contributed by atoms with Crippen molar-refractivity contribution in [1.82, 2.24) is 10.2 Å². The first-order valence-corrected chi connectivity index (χ1v) is 8.58. The van der Waals surface area contributed by atoms with Crippen LogP contribution in [-0.2, 0) is 9.53 Å². The van der Waals surface area contributed by atoms with Crippen molar-refractivity contribution in [3.8, 4) is 0 Å². The van der Waals surface area contributed by atoms with Crippen molar-refractivity contribution < 1.29 is 9.53 Å². The highest BCUT2D eigenvalue weighted by atomic mass is 35.5. The minimum absolute atomic E-state index is 0. The van der Waals surface area contributed by atoms with Crippen molar-refractivity contribution in [3.05, 3.63) is 29.8 Å². The number of benzene rings is 1. The van der Waals surface area contributed by atoms with E-state index in [2.05, 4.69) is 34.6 Å². The fourth-order valence-corrected chi connectivity index (χ4v) is 3.19. The van der Waals surface area contributed by atoms with Crippen molar-refractivity contribution in [2.24, 2.45) is 11.8 Å². The summed E-state index contributed by atoms with van der Waals surface area (Å²) in [5.41, 5.74) is 2.13. The molecule has 2 aliphatic rings. The molecular weight excluding hydrogens is 361 g/mol. The Hall–Kier alpha value is -0.850. The summed E-state index contributed by atoms with van der Waals surface area (Å²) in [7, 11) is 0. The Bertz CT molecular complexity index is 549. The van der Waals surface area contributed by atoms with Crippen molar-refractivity contribution in [3.63, 3.8) is 0 Å². The maximum atomic E-state index is 12.4. The molecule has 1 amide bonds. The zero-order valence-electron chi connectivity index (χ0n) is 14.9. The third-order valence-electron chi connectivity index (χ3n) is 5.16. The van der Waals surface area contributed by atoms with Gasteiger partial charge in [0.25, 0.3) is 0 Å². The van der Waals surface area contributed by atoms with Gasteiger partial charge in [-0.1, -0.05) is 19.1 Å². The molecule has 1 aromatic rings. The molecule has 0 radical (unpaired) electrons. The zero-order chi connectivity index (χ0) is 16.2. The number of carbonyl (C=O) groups excluding carboxylic acids is 1. The van der Waals surface area contributed by atoms with Crippen LogP contribution in [0.25, 0.3) is 0 Å². The van der Waals surface area contributed by atoms with Gasteiger partial charge in [0.05, 0.1) is 13.2 Å². The number of nitrogens with one attached hydrogen (secondary N) is 2. The quantitative estimate of drug-likeness (QED) is 0.812. The Morgan fingerprint density at radius 3 is 2.52 bits per heavy atom. The molecule has 142 valence electrons. The van der Waals surface area contributed by atoms with E-state index in [1.54, 1.807) is 0 Å². The van der Waals surface area contributed by atoms with Crippen LogP contribution in [0.1, 0.15) is 25.5 Å². The van der Waals surface area contributed by atoms with Gasteiger partial charge in [0.15, 0.2) is 0 Å². The van der Waals surface area contributed by atoms with Gasteiger partial charge < -0.3 is 15.4 Å². The lowest BCUT2D eigenvalue weighted by molar-refractivity contribution is -0.121. The lowest BCUT2D eigenvalue weighted by Crippen LogP contribution is -2.48. The Morgan fingerprint density at radius 2 is 1.92 bits per heavy atom. The van der Waals surface area contributed by atoms with Gasteiger partial charge in [0.2, 0.25) is 5.91 Å². The van der Waals surface area contributed by atoms with E-state index >= 15 is 0 Å². The van der Waals surface area contributed by atoms with E-state index < -0.39 is 0 Å². The first-order chi connectivity index (χ1) is 11.1. The average Bonchev–Trinajstić information content (AvgIpc) is 2.53. The van der Waals surface area contributed by atoms with Crippen LogP contribution in [0.4, 0.5) is 5.69 Å². The van der Waals surface area contributed by atoms with Gasteiger partial charge in [-0.15, -0.1) is 24.8 Å². The molecule has 0 aromatic heterocycles. The first kappa shape index (κ1) is 22.2. The zero-order valence-corrected chi connectivity index (χ0v) is 16.5. The number of rotatable bonds is 5. The molecule has 5 nitrogen and oxygen atoms in total. The lowest BCUT2D eigenvalue weighted by Gasteiger charge is -2.33. The molecule has 0 spiro atoms. The van der Waals surface area contributed by atoms with E-state index in [0.29, 0.717) is 12.0 Å². The maximum absolute atomic E-state index is 12.4. The summed E-state index contributed by atoms with van der Waals surface area (Å²) in [5.74, 6) is 0.634. The lowest BCUT2D eigenvalue weighted by atomic mass is 9.88. The van der Waals surface area contributed by atoms with E-state index in [1.807, 2.05) is 19.1 Å². The summed E-state index contributed by atoms with van der Waals surface area (Å²) in [5, 5.41) is 6.30. The Labute approximate surface area is 162 Å². The van der Waals surface area contributed by atoms with Crippen LogP contribution in [0.15, 0.2) is 24.3 Å². The second-order valence-electron chi connectivity index (χ2n) is 6.65. The SMILES string of the molecule is CC(C(=O)Nc1cccc(C(C)N2CCOCC2)c1)C1CNC1.Cl.Cl. The molecule has 2 heterocycles. The molecule has 1 aromatic carbocycles. The van der Waals surface area contributed by atoms with Crippen molar-refractivity contribution in [2.45, 2.75) is 19.9 Å². The molecule has 25 heavy (non-hydrogen) atoms. The van der Waals surface area contributed by atoms with Gasteiger partial charge in [-0.3, -0.25) is 9.69 Å². The number of morpholine rings is 1. The van der Waals surface area contributed by atoms with Crippen molar-refractivity contribution in [1.29, 1.82) is 0 Å². The summed E-state index contributed by atoms with van der Waals surface area (Å²) in [6.45, 7) is 9.65. The Balaban J connectivity index is 0.00000156. The maximum Gasteiger partial charge on any atom is 0.227 e. The number of ether oxygens (including phenoxy) is 1. The predicted octanol–water partition coefficient (Wildman–Crippen LogP) is 2.72. The fourth-order valence-electron chi connectivity index (χ4n) is 3.19. The minimum atomic E-state index is 0. The topological polar surface area (TPSA) is 53.6 Å². The molecule has 7 heteroatoms. The third-order valence-corrected chi connectivity index (χ3v) is 5.16. The van der Waals surface area contributed by atoms with E-state index in [9.17, 15) is 4.79 Å². The summed E-state index contributed by atoms with van der Waals surface area (Å²) < 4.78 is 5.42. The first-order valence-electron chi connectivity index (χ1n) is 8.58. The summed E-state index contributed by atoms with van der Waals surface area (Å²) in [4.78, 5) is 14.8. The standard InChI is InChI=1S/C18H27N3O2.2ClH/c1-13(16-11-19-12-16)18(22)20-17-5-3-4-15(10-17)14(2)21-6-8-23-9-7-21;;/h3-5,10,13-14,16,19H,6-9,11-12H2,1-2H3,(H,20,22);2*1H. The molecule has 0 saturated carbocycles. The molecule has 2 N–H and O–H groups in total. The second kappa shape index (κ2) is 10.3. The highest BCUT2D eigenvalue weighted by molar-refractivity contribution is 5.92. The van der Waals surface area contributed by atoms with Gasteiger partial charge in [-0.2, -0.15) is 0 Å². The van der Waals surface area contributed by atoms with Gasteiger partial charge in [-0.05, 0) is 43.6 Å². The third kappa shape index (κ3) is 5.56. The number of hydrogen-bond donors (Lipinski definition) is 2. The molecule has 2 unspecified atom stereocenters. The van der Waals surface area contributed by atoms with Crippen LogP contribution in [-0.4, -0.2) is 50.2 Å². The van der Waals surface area contributed by atoms with E-state index in [0.717, 1.165) is 45.1 Å². The number of hydrogen-bond acceptors (Lipinski definition) is 4. The van der Waals surface area contributed by atoms with Crippen molar-refractivity contribution >= 4 is 36.4 Å². The Kier molecular flexibility index (Phi) is 9.17. The molecule has 3 rings (SSSR count). The highest BCUT2D eigenvalue weighted by Gasteiger charge is 2.28. The van der Waals surface area contributed by atoms with Gasteiger partial charge in [0.1, 0.15) is 0 Å². The summed E-state index contributed by atoms with van der Waals surface area (Å²) in [6.07, 6.45) is 0. The normalized spacial score (nSPS) is 20.4. The number of carbonyl (C=O) groups is 1. The summed E-state index contributed by atoms with van der Waals surface area (Å²) in [6, 6.07) is 8.57. The molecule has 2 aliphatic heterocycles. The number of amides is 1. The van der Waals surface area contributed by atoms with E-state index in [4.69, 9.17) is 4.74 Å². The van der Waals surface area contributed by atoms with E-state index in [1.165, 1.54) is 5.56 Å². The van der Waals surface area contributed by atoms with Crippen LogP contribution in [0.5, 0.6) is 0 Å². The molecule has 2 saturated heterocycles. The number of anilines is 1. The largest absolute Gasteiger partial charge is 0.379 e. The molecular formula is C18H29Cl2N3O2. The highest BCUT2D eigenvalue weighted by Crippen LogP contribution is 2.24. The second-order valence-corrected chi connectivity index (χ2v) is 6.65. The van der Waals surface area contributed by atoms with Gasteiger partial charge in [0, 0.05) is 30.7 Å². The molecule has 0 bridgehead atoms. The smallest absolute Gasteiger partial charge is 0.227 e. The number of nitrogens with zero attached hydrogens (tertiary/aromatic N) is 1. The average molecular weight is 390 g/mol. The van der Waals surface area contributed by atoms with Crippen LogP contribution in [0, 0.1) is 11.8 Å². The number of halogens is 2. The summed E-state index contributed by atoms with van der Waals surface area (Å²) >= 11 is 0. The van der Waals surface area contributed by atoms with E-state index in [-0.39, 0.29) is 36.6 Å². The minimum Gasteiger partial charge on any atom is -0.379 e. The Morgan fingerprint density at radius 1 is 1.24 bits per heavy atom. The fraction of sp³-hybridized carbons (Fsp3) is 0.611. The van der Waals surface area contributed by atoms with Crippen molar-refractivity contribution in [2.75, 3.05) is 44.7 Å². The molecule has 2 atom stereocenters. The van der Waals surface area contributed by atoms with Crippen LogP contribution < -0.4 is 10.6 Å². The van der Waals surface area contributed by atoms with Gasteiger partial charge in [-0.25, -0.2) is 0 Å². The van der Waals surface area contributed by atoms with Crippen LogP contribution in [0.3, 0.4) is 0 Å². The van der Waals surface area contributed by atoms with Crippen LogP contribution in [0.2, 0.25) is 0 Å². The molecule has 2 fully saturated rings. The molecule has 0 aliphatic carbocycles. The monoisotopic (exact) mass is 389 g/mol. The van der Waals surface area contributed by atoms with Crippen LogP contribution >= 0.6 is 24.8 Å². The van der Waals surface area contributed by atoms with Gasteiger partial charge >= 0.3 is 0 Å². The predicted molar refractivity (Wildman–Crippen MR) is 106 cm³/mol.